The summed E-state index contributed by atoms with van der Waals surface area (Å²) in [6.07, 6.45) is 1.97. The Labute approximate surface area is 130 Å². The third-order valence-electron chi connectivity index (χ3n) is 3.72. The van der Waals surface area contributed by atoms with Gasteiger partial charge >= 0.3 is 0 Å². The summed E-state index contributed by atoms with van der Waals surface area (Å²) in [7, 11) is 0. The molecule has 1 saturated heterocycles. The molecular weight excluding hydrogens is 295 g/mol. The molecule has 0 aliphatic carbocycles. The molecule has 0 spiro atoms. The predicted octanol–water partition coefficient (Wildman–Crippen LogP) is 3.60. The SMILES string of the molecule is CC(C)N1CCC(NC(=O)c2cc(Cl)cc(Cl)c2)CC1. The monoisotopic (exact) mass is 314 g/mol. The Kier molecular flexibility index (Phi) is 5.30. The number of nitrogens with zero attached hydrogens (tertiary/aromatic N) is 1. The molecule has 1 aromatic rings. The summed E-state index contributed by atoms with van der Waals surface area (Å²) >= 11 is 11.8. The molecule has 0 bridgehead atoms. The van der Waals surface area contributed by atoms with E-state index in [-0.39, 0.29) is 11.9 Å². The van der Waals surface area contributed by atoms with Gasteiger partial charge < -0.3 is 10.2 Å². The number of benzene rings is 1. The molecule has 1 fully saturated rings. The van der Waals surface area contributed by atoms with Gasteiger partial charge in [0.25, 0.3) is 5.91 Å². The van der Waals surface area contributed by atoms with Gasteiger partial charge in [-0.25, -0.2) is 0 Å². The molecule has 3 nitrogen and oxygen atoms in total. The zero-order valence-corrected chi connectivity index (χ0v) is 13.3. The second-order valence-corrected chi connectivity index (χ2v) is 6.41. The molecule has 1 heterocycles. The van der Waals surface area contributed by atoms with Crippen LogP contribution in [-0.2, 0) is 0 Å². The maximum absolute atomic E-state index is 12.2. The molecule has 0 radical (unpaired) electrons. The van der Waals surface area contributed by atoms with Gasteiger partial charge in [0, 0.05) is 40.8 Å². The number of rotatable bonds is 3. The lowest BCUT2D eigenvalue weighted by atomic mass is 10.0. The van der Waals surface area contributed by atoms with Gasteiger partial charge in [0.05, 0.1) is 0 Å². The van der Waals surface area contributed by atoms with E-state index in [2.05, 4.69) is 24.1 Å². The summed E-state index contributed by atoms with van der Waals surface area (Å²) in [4.78, 5) is 14.6. The number of carbonyl (C=O) groups excluding carboxylic acids is 1. The number of likely N-dealkylation sites (tertiary alicyclic amines) is 1. The molecule has 1 N–H and O–H groups in total. The van der Waals surface area contributed by atoms with Crippen LogP contribution in [0.1, 0.15) is 37.0 Å². The number of halogens is 2. The van der Waals surface area contributed by atoms with Gasteiger partial charge in [-0.05, 0) is 44.9 Å². The second-order valence-electron chi connectivity index (χ2n) is 5.54. The maximum atomic E-state index is 12.2. The van der Waals surface area contributed by atoms with Crippen molar-refractivity contribution in [2.24, 2.45) is 0 Å². The topological polar surface area (TPSA) is 32.3 Å². The highest BCUT2D eigenvalue weighted by Crippen LogP contribution is 2.20. The average Bonchev–Trinajstić information content (AvgIpc) is 2.38. The number of hydrogen-bond acceptors (Lipinski definition) is 2. The van der Waals surface area contributed by atoms with Gasteiger partial charge in [-0.15, -0.1) is 0 Å². The molecule has 20 heavy (non-hydrogen) atoms. The van der Waals surface area contributed by atoms with E-state index in [0.29, 0.717) is 21.7 Å². The lowest BCUT2D eigenvalue weighted by molar-refractivity contribution is 0.0900. The van der Waals surface area contributed by atoms with Gasteiger partial charge in [-0.3, -0.25) is 4.79 Å². The third kappa shape index (κ3) is 4.11. The Balaban J connectivity index is 1.92. The van der Waals surface area contributed by atoms with E-state index in [9.17, 15) is 4.79 Å². The highest BCUT2D eigenvalue weighted by atomic mass is 35.5. The largest absolute Gasteiger partial charge is 0.349 e. The maximum Gasteiger partial charge on any atom is 0.251 e. The van der Waals surface area contributed by atoms with Gasteiger partial charge in [-0.2, -0.15) is 0 Å². The van der Waals surface area contributed by atoms with Gasteiger partial charge in [0.2, 0.25) is 0 Å². The van der Waals surface area contributed by atoms with Crippen LogP contribution < -0.4 is 5.32 Å². The van der Waals surface area contributed by atoms with Gasteiger partial charge in [0.15, 0.2) is 0 Å². The first-order chi connectivity index (χ1) is 9.45. The highest BCUT2D eigenvalue weighted by molar-refractivity contribution is 6.35. The fourth-order valence-electron chi connectivity index (χ4n) is 2.51. The predicted molar refractivity (Wildman–Crippen MR) is 83.7 cm³/mol. The van der Waals surface area contributed by atoms with Crippen LogP contribution in [0.2, 0.25) is 10.0 Å². The normalized spacial score (nSPS) is 17.4. The summed E-state index contributed by atoms with van der Waals surface area (Å²) < 4.78 is 0. The highest BCUT2D eigenvalue weighted by Gasteiger charge is 2.22. The van der Waals surface area contributed by atoms with Crippen LogP contribution in [0.3, 0.4) is 0 Å². The summed E-state index contributed by atoms with van der Waals surface area (Å²) in [5, 5.41) is 4.03. The number of amides is 1. The third-order valence-corrected chi connectivity index (χ3v) is 4.16. The van der Waals surface area contributed by atoms with Crippen molar-refractivity contribution < 1.29 is 4.79 Å². The molecule has 0 aromatic heterocycles. The van der Waals surface area contributed by atoms with Crippen LogP contribution in [0.4, 0.5) is 0 Å². The summed E-state index contributed by atoms with van der Waals surface area (Å²) in [5.74, 6) is -0.0996. The Hall–Kier alpha value is -0.770. The minimum absolute atomic E-state index is 0.0996. The van der Waals surface area contributed by atoms with Crippen LogP contribution in [0, 0.1) is 0 Å². The van der Waals surface area contributed by atoms with E-state index in [4.69, 9.17) is 23.2 Å². The van der Waals surface area contributed by atoms with Crippen molar-refractivity contribution in [1.29, 1.82) is 0 Å². The van der Waals surface area contributed by atoms with Crippen molar-refractivity contribution in [2.45, 2.75) is 38.8 Å². The molecular formula is C15H20Cl2N2O. The van der Waals surface area contributed by atoms with Gasteiger partial charge in [0.1, 0.15) is 0 Å². The number of carbonyl (C=O) groups is 1. The average molecular weight is 315 g/mol. The molecule has 1 amide bonds. The van der Waals surface area contributed by atoms with Crippen LogP contribution in [0.5, 0.6) is 0 Å². The molecule has 5 heteroatoms. The first kappa shape index (κ1) is 15.6. The van der Waals surface area contributed by atoms with Crippen molar-refractivity contribution in [3.8, 4) is 0 Å². The first-order valence-electron chi connectivity index (χ1n) is 6.96. The summed E-state index contributed by atoms with van der Waals surface area (Å²) in [6, 6.07) is 5.72. The molecule has 110 valence electrons. The summed E-state index contributed by atoms with van der Waals surface area (Å²) in [5.41, 5.74) is 0.522. The summed E-state index contributed by atoms with van der Waals surface area (Å²) in [6.45, 7) is 6.46. The van der Waals surface area contributed by atoms with Crippen LogP contribution in [0.15, 0.2) is 18.2 Å². The van der Waals surface area contributed by atoms with E-state index in [0.717, 1.165) is 25.9 Å². The second kappa shape index (κ2) is 6.79. The van der Waals surface area contributed by atoms with Crippen LogP contribution in [0.25, 0.3) is 0 Å². The standard InChI is InChI=1S/C15H20Cl2N2O/c1-10(2)19-5-3-14(4-6-19)18-15(20)11-7-12(16)9-13(17)8-11/h7-10,14H,3-6H2,1-2H3,(H,18,20). The van der Waals surface area contributed by atoms with Crippen molar-refractivity contribution in [2.75, 3.05) is 13.1 Å². The van der Waals surface area contributed by atoms with Crippen molar-refractivity contribution in [3.05, 3.63) is 33.8 Å². The van der Waals surface area contributed by atoms with E-state index in [1.807, 2.05) is 0 Å². The molecule has 0 atom stereocenters. The quantitative estimate of drug-likeness (QED) is 0.924. The molecule has 1 aliphatic rings. The fourth-order valence-corrected chi connectivity index (χ4v) is 3.04. The smallest absolute Gasteiger partial charge is 0.251 e. The molecule has 0 saturated carbocycles. The van der Waals surface area contributed by atoms with Crippen LogP contribution in [-0.4, -0.2) is 36.0 Å². The van der Waals surface area contributed by atoms with E-state index in [1.165, 1.54) is 0 Å². The number of hydrogen-bond donors (Lipinski definition) is 1. The minimum Gasteiger partial charge on any atom is -0.349 e. The van der Waals surface area contributed by atoms with E-state index >= 15 is 0 Å². The Morgan fingerprint density at radius 3 is 2.25 bits per heavy atom. The minimum atomic E-state index is -0.0996. The molecule has 0 unspecified atom stereocenters. The van der Waals surface area contributed by atoms with E-state index < -0.39 is 0 Å². The van der Waals surface area contributed by atoms with Gasteiger partial charge in [-0.1, -0.05) is 23.2 Å². The Bertz CT molecular complexity index is 463. The van der Waals surface area contributed by atoms with Crippen molar-refractivity contribution in [1.82, 2.24) is 10.2 Å². The number of nitrogens with one attached hydrogen (secondary N) is 1. The zero-order valence-electron chi connectivity index (χ0n) is 11.8. The van der Waals surface area contributed by atoms with Crippen molar-refractivity contribution >= 4 is 29.1 Å². The molecule has 1 aromatic carbocycles. The number of piperidine rings is 1. The van der Waals surface area contributed by atoms with Crippen LogP contribution >= 0.6 is 23.2 Å². The lowest BCUT2D eigenvalue weighted by Gasteiger charge is -2.34. The zero-order chi connectivity index (χ0) is 14.7. The Morgan fingerprint density at radius 2 is 1.75 bits per heavy atom. The van der Waals surface area contributed by atoms with Crippen molar-refractivity contribution in [3.63, 3.8) is 0 Å². The molecule has 2 rings (SSSR count). The first-order valence-corrected chi connectivity index (χ1v) is 7.72. The molecule has 1 aliphatic heterocycles. The van der Waals surface area contributed by atoms with E-state index in [1.54, 1.807) is 18.2 Å². The fraction of sp³-hybridized carbons (Fsp3) is 0.533. The lowest BCUT2D eigenvalue weighted by Crippen LogP contribution is -2.46. The Morgan fingerprint density at radius 1 is 1.20 bits per heavy atom.